The molecule has 0 radical (unpaired) electrons. The molecular formula is C11H25NO. The van der Waals surface area contributed by atoms with Crippen LogP contribution >= 0.6 is 0 Å². The molecule has 0 saturated carbocycles. The van der Waals surface area contributed by atoms with Crippen LogP contribution in [0.2, 0.25) is 0 Å². The van der Waals surface area contributed by atoms with Gasteiger partial charge in [-0.2, -0.15) is 0 Å². The Morgan fingerprint density at radius 2 is 1.92 bits per heavy atom. The van der Waals surface area contributed by atoms with Gasteiger partial charge < -0.3 is 9.64 Å². The second kappa shape index (κ2) is 8.52. The largest absolute Gasteiger partial charge is 0.380 e. The number of unbranched alkanes of at least 4 members (excludes halogenated alkanes) is 1. The Kier molecular flexibility index (Phi) is 8.46. The van der Waals surface area contributed by atoms with Gasteiger partial charge in [-0.05, 0) is 19.4 Å². The van der Waals surface area contributed by atoms with Crippen molar-refractivity contribution in [3.63, 3.8) is 0 Å². The van der Waals surface area contributed by atoms with Crippen molar-refractivity contribution < 1.29 is 4.74 Å². The van der Waals surface area contributed by atoms with E-state index >= 15 is 0 Å². The van der Waals surface area contributed by atoms with Crippen LogP contribution in [0.5, 0.6) is 0 Å². The standard InChI is InChI=1S/C11H25NO/c1-5-6-8-13-9-7-12(4)10-11(2)3/h11H,5-10H2,1-4H3. The molecule has 0 aliphatic carbocycles. The summed E-state index contributed by atoms with van der Waals surface area (Å²) < 4.78 is 5.48. The smallest absolute Gasteiger partial charge is 0.0593 e. The molecule has 0 bridgehead atoms. The Morgan fingerprint density at radius 3 is 2.46 bits per heavy atom. The van der Waals surface area contributed by atoms with Crippen molar-refractivity contribution in [3.8, 4) is 0 Å². The number of hydrogen-bond acceptors (Lipinski definition) is 2. The molecule has 0 rings (SSSR count). The lowest BCUT2D eigenvalue weighted by Gasteiger charge is -2.18. The molecule has 0 unspecified atom stereocenters. The van der Waals surface area contributed by atoms with Gasteiger partial charge in [0.05, 0.1) is 6.61 Å². The first-order valence-corrected chi connectivity index (χ1v) is 5.43. The molecule has 2 heteroatoms. The highest BCUT2D eigenvalue weighted by molar-refractivity contribution is 4.53. The summed E-state index contributed by atoms with van der Waals surface area (Å²) >= 11 is 0. The van der Waals surface area contributed by atoms with E-state index in [1.807, 2.05) is 0 Å². The number of hydrogen-bond donors (Lipinski definition) is 0. The summed E-state index contributed by atoms with van der Waals surface area (Å²) in [6.45, 7) is 10.7. The minimum Gasteiger partial charge on any atom is -0.380 e. The second-order valence-electron chi connectivity index (χ2n) is 4.12. The molecule has 0 spiro atoms. The van der Waals surface area contributed by atoms with E-state index < -0.39 is 0 Å². The number of rotatable bonds is 8. The zero-order valence-corrected chi connectivity index (χ0v) is 9.68. The van der Waals surface area contributed by atoms with E-state index in [9.17, 15) is 0 Å². The van der Waals surface area contributed by atoms with Gasteiger partial charge in [0.2, 0.25) is 0 Å². The fourth-order valence-corrected chi connectivity index (χ4v) is 1.28. The summed E-state index contributed by atoms with van der Waals surface area (Å²) in [5.41, 5.74) is 0. The Labute approximate surface area is 83.3 Å². The second-order valence-corrected chi connectivity index (χ2v) is 4.12. The quantitative estimate of drug-likeness (QED) is 0.541. The first-order chi connectivity index (χ1) is 6.16. The molecule has 13 heavy (non-hydrogen) atoms. The van der Waals surface area contributed by atoms with Crippen LogP contribution in [0, 0.1) is 5.92 Å². The molecule has 0 aromatic carbocycles. The maximum Gasteiger partial charge on any atom is 0.0593 e. The van der Waals surface area contributed by atoms with Crippen molar-refractivity contribution in [2.75, 3.05) is 33.4 Å². The lowest BCUT2D eigenvalue weighted by atomic mass is 10.2. The van der Waals surface area contributed by atoms with Gasteiger partial charge in [0.25, 0.3) is 0 Å². The van der Waals surface area contributed by atoms with Crippen LogP contribution in [0.15, 0.2) is 0 Å². The monoisotopic (exact) mass is 187 g/mol. The molecule has 0 heterocycles. The first-order valence-electron chi connectivity index (χ1n) is 5.43. The van der Waals surface area contributed by atoms with Gasteiger partial charge in [-0.3, -0.25) is 0 Å². The average Bonchev–Trinajstić information content (AvgIpc) is 2.02. The third-order valence-corrected chi connectivity index (χ3v) is 1.94. The van der Waals surface area contributed by atoms with Crippen LogP contribution in [-0.2, 0) is 4.74 Å². The highest BCUT2D eigenvalue weighted by atomic mass is 16.5. The van der Waals surface area contributed by atoms with Crippen LogP contribution in [0.4, 0.5) is 0 Å². The Morgan fingerprint density at radius 1 is 1.23 bits per heavy atom. The van der Waals surface area contributed by atoms with Crippen molar-refractivity contribution in [3.05, 3.63) is 0 Å². The number of nitrogens with zero attached hydrogens (tertiary/aromatic N) is 1. The van der Waals surface area contributed by atoms with E-state index in [2.05, 4.69) is 32.7 Å². The topological polar surface area (TPSA) is 12.5 Å². The van der Waals surface area contributed by atoms with E-state index in [0.717, 1.165) is 32.2 Å². The zero-order chi connectivity index (χ0) is 10.1. The zero-order valence-electron chi connectivity index (χ0n) is 9.68. The van der Waals surface area contributed by atoms with E-state index in [0.29, 0.717) is 0 Å². The summed E-state index contributed by atoms with van der Waals surface area (Å²) in [4.78, 5) is 2.33. The molecule has 0 N–H and O–H groups in total. The molecule has 0 aromatic heterocycles. The van der Waals surface area contributed by atoms with Gasteiger partial charge >= 0.3 is 0 Å². The van der Waals surface area contributed by atoms with Crippen LogP contribution < -0.4 is 0 Å². The van der Waals surface area contributed by atoms with Crippen molar-refractivity contribution in [2.24, 2.45) is 5.92 Å². The average molecular weight is 187 g/mol. The maximum absolute atomic E-state index is 5.48. The van der Waals surface area contributed by atoms with Gasteiger partial charge in [0, 0.05) is 19.7 Å². The van der Waals surface area contributed by atoms with Crippen LogP contribution in [0.3, 0.4) is 0 Å². The molecule has 0 aromatic rings. The molecular weight excluding hydrogens is 162 g/mol. The van der Waals surface area contributed by atoms with Crippen LogP contribution in [-0.4, -0.2) is 38.3 Å². The van der Waals surface area contributed by atoms with Crippen molar-refractivity contribution in [1.29, 1.82) is 0 Å². The lowest BCUT2D eigenvalue weighted by molar-refractivity contribution is 0.106. The van der Waals surface area contributed by atoms with Crippen molar-refractivity contribution in [1.82, 2.24) is 4.90 Å². The highest BCUT2D eigenvalue weighted by Crippen LogP contribution is 1.95. The van der Waals surface area contributed by atoms with Gasteiger partial charge in [0.1, 0.15) is 0 Å². The maximum atomic E-state index is 5.48. The molecule has 0 saturated heterocycles. The molecule has 0 atom stereocenters. The normalized spacial score (nSPS) is 11.5. The van der Waals surface area contributed by atoms with Crippen molar-refractivity contribution >= 4 is 0 Å². The van der Waals surface area contributed by atoms with Gasteiger partial charge in [-0.1, -0.05) is 27.2 Å². The summed E-state index contributed by atoms with van der Waals surface area (Å²) in [5, 5.41) is 0. The predicted octanol–water partition coefficient (Wildman–Crippen LogP) is 2.39. The lowest BCUT2D eigenvalue weighted by Crippen LogP contribution is -2.27. The van der Waals surface area contributed by atoms with Gasteiger partial charge in [-0.15, -0.1) is 0 Å². The number of likely N-dealkylation sites (N-methyl/N-ethyl adjacent to an activating group) is 1. The summed E-state index contributed by atoms with van der Waals surface area (Å²) in [5.74, 6) is 0.751. The van der Waals surface area contributed by atoms with E-state index in [-0.39, 0.29) is 0 Å². The van der Waals surface area contributed by atoms with E-state index in [1.165, 1.54) is 12.8 Å². The van der Waals surface area contributed by atoms with Gasteiger partial charge in [-0.25, -0.2) is 0 Å². The molecule has 0 fully saturated rings. The summed E-state index contributed by atoms with van der Waals surface area (Å²) in [6.07, 6.45) is 2.41. The minimum absolute atomic E-state index is 0.751. The molecule has 0 aliphatic heterocycles. The Hall–Kier alpha value is -0.0800. The summed E-state index contributed by atoms with van der Waals surface area (Å²) in [6, 6.07) is 0. The third-order valence-electron chi connectivity index (χ3n) is 1.94. The first kappa shape index (κ1) is 12.9. The predicted molar refractivity (Wildman–Crippen MR) is 58.1 cm³/mol. The molecule has 0 aliphatic rings. The van der Waals surface area contributed by atoms with Crippen LogP contribution in [0.1, 0.15) is 33.6 Å². The van der Waals surface area contributed by atoms with E-state index in [4.69, 9.17) is 4.74 Å². The Bertz CT molecular complexity index is 104. The molecule has 80 valence electrons. The SMILES string of the molecule is CCCCOCCN(C)CC(C)C. The molecule has 0 amide bonds. The Balaban J connectivity index is 3.12. The number of ether oxygens (including phenoxy) is 1. The third kappa shape index (κ3) is 9.84. The minimum atomic E-state index is 0.751. The fraction of sp³-hybridized carbons (Fsp3) is 1.00. The van der Waals surface area contributed by atoms with Crippen molar-refractivity contribution in [2.45, 2.75) is 33.6 Å². The fourth-order valence-electron chi connectivity index (χ4n) is 1.28. The summed E-state index contributed by atoms with van der Waals surface area (Å²) in [7, 11) is 2.16. The van der Waals surface area contributed by atoms with Gasteiger partial charge in [0.15, 0.2) is 0 Å². The molecule has 2 nitrogen and oxygen atoms in total. The highest BCUT2D eigenvalue weighted by Gasteiger charge is 2.00. The van der Waals surface area contributed by atoms with E-state index in [1.54, 1.807) is 0 Å². The van der Waals surface area contributed by atoms with Crippen LogP contribution in [0.25, 0.3) is 0 Å².